The fourth-order valence-corrected chi connectivity index (χ4v) is 2.37. The molecule has 0 radical (unpaired) electrons. The van der Waals surface area contributed by atoms with E-state index in [1.54, 1.807) is 0 Å². The zero-order valence-corrected chi connectivity index (χ0v) is 10.7. The molecule has 0 bridgehead atoms. The van der Waals surface area contributed by atoms with E-state index >= 15 is 0 Å². The van der Waals surface area contributed by atoms with Crippen LogP contribution in [-0.2, 0) is 11.2 Å². The van der Waals surface area contributed by atoms with Crippen LogP contribution < -0.4 is 5.32 Å². The van der Waals surface area contributed by atoms with Crippen LogP contribution in [0.4, 0.5) is 5.69 Å². The molecule has 17 heavy (non-hydrogen) atoms. The van der Waals surface area contributed by atoms with Gasteiger partial charge < -0.3 is 10.1 Å². The van der Waals surface area contributed by atoms with Gasteiger partial charge in [0.2, 0.25) is 0 Å². The Labute approximate surface area is 104 Å². The molecule has 1 aliphatic rings. The van der Waals surface area contributed by atoms with E-state index in [1.807, 2.05) is 0 Å². The van der Waals surface area contributed by atoms with Gasteiger partial charge in [-0.2, -0.15) is 0 Å². The van der Waals surface area contributed by atoms with Gasteiger partial charge in [-0.15, -0.1) is 0 Å². The van der Waals surface area contributed by atoms with E-state index in [4.69, 9.17) is 4.74 Å². The highest BCUT2D eigenvalue weighted by atomic mass is 16.5. The zero-order valence-electron chi connectivity index (χ0n) is 10.7. The van der Waals surface area contributed by atoms with E-state index < -0.39 is 0 Å². The maximum absolute atomic E-state index is 5.74. The first-order valence-corrected chi connectivity index (χ1v) is 6.83. The Hall–Kier alpha value is -1.02. The van der Waals surface area contributed by atoms with Gasteiger partial charge in [0.25, 0.3) is 0 Å². The minimum atomic E-state index is 0.401. The summed E-state index contributed by atoms with van der Waals surface area (Å²) in [7, 11) is 0. The molecule has 1 atom stereocenters. The standard InChI is InChI=1S/C15H23NO/c1-2-7-13-8-3-4-10-15(13)16-12-14-9-5-6-11-17-14/h3-4,8,10,14,16H,2,5-7,9,11-12H2,1H3. The largest absolute Gasteiger partial charge is 0.382 e. The molecule has 1 aliphatic heterocycles. The van der Waals surface area contributed by atoms with Crippen molar-refractivity contribution in [3.63, 3.8) is 0 Å². The summed E-state index contributed by atoms with van der Waals surface area (Å²) < 4.78 is 5.74. The number of rotatable bonds is 5. The third-order valence-corrected chi connectivity index (χ3v) is 3.33. The summed E-state index contributed by atoms with van der Waals surface area (Å²) >= 11 is 0. The molecular weight excluding hydrogens is 210 g/mol. The van der Waals surface area contributed by atoms with Gasteiger partial charge in [0, 0.05) is 18.8 Å². The lowest BCUT2D eigenvalue weighted by Gasteiger charge is -2.23. The SMILES string of the molecule is CCCc1ccccc1NCC1CCCCO1. The average molecular weight is 233 g/mol. The van der Waals surface area contributed by atoms with Crippen molar-refractivity contribution in [2.45, 2.75) is 45.1 Å². The molecule has 2 rings (SSSR count). The van der Waals surface area contributed by atoms with E-state index in [0.29, 0.717) is 6.10 Å². The lowest BCUT2D eigenvalue weighted by Crippen LogP contribution is -2.27. The first-order valence-electron chi connectivity index (χ1n) is 6.83. The number of anilines is 1. The molecule has 0 amide bonds. The second kappa shape index (κ2) is 6.65. The van der Waals surface area contributed by atoms with Crippen molar-refractivity contribution in [2.75, 3.05) is 18.5 Å². The van der Waals surface area contributed by atoms with Crippen LogP contribution >= 0.6 is 0 Å². The molecule has 1 heterocycles. The predicted octanol–water partition coefficient (Wildman–Crippen LogP) is 3.62. The molecule has 0 spiro atoms. The molecule has 1 unspecified atom stereocenters. The van der Waals surface area contributed by atoms with Crippen molar-refractivity contribution in [1.82, 2.24) is 0 Å². The van der Waals surface area contributed by atoms with E-state index in [9.17, 15) is 0 Å². The van der Waals surface area contributed by atoms with Gasteiger partial charge in [-0.25, -0.2) is 0 Å². The fraction of sp³-hybridized carbons (Fsp3) is 0.600. The number of ether oxygens (including phenoxy) is 1. The van der Waals surface area contributed by atoms with Gasteiger partial charge in [-0.3, -0.25) is 0 Å². The van der Waals surface area contributed by atoms with Gasteiger partial charge in [0.1, 0.15) is 0 Å². The van der Waals surface area contributed by atoms with Crippen molar-refractivity contribution in [3.8, 4) is 0 Å². The van der Waals surface area contributed by atoms with Gasteiger partial charge >= 0.3 is 0 Å². The van der Waals surface area contributed by atoms with E-state index in [1.165, 1.54) is 36.9 Å². The summed E-state index contributed by atoms with van der Waals surface area (Å²) in [5, 5.41) is 3.54. The molecule has 0 aromatic heterocycles. The molecule has 1 aromatic carbocycles. The highest BCUT2D eigenvalue weighted by Crippen LogP contribution is 2.18. The van der Waals surface area contributed by atoms with Crippen LogP contribution in [0.1, 0.15) is 38.2 Å². The van der Waals surface area contributed by atoms with Crippen LogP contribution in [0, 0.1) is 0 Å². The second-order valence-electron chi connectivity index (χ2n) is 4.78. The van der Waals surface area contributed by atoms with Crippen LogP contribution in [0.25, 0.3) is 0 Å². The summed E-state index contributed by atoms with van der Waals surface area (Å²) in [5.41, 5.74) is 2.70. The van der Waals surface area contributed by atoms with E-state index in [0.717, 1.165) is 19.6 Å². The zero-order chi connectivity index (χ0) is 11.9. The summed E-state index contributed by atoms with van der Waals surface area (Å²) in [6.45, 7) is 4.10. The molecular formula is C15H23NO. The third-order valence-electron chi connectivity index (χ3n) is 3.33. The number of hydrogen-bond donors (Lipinski definition) is 1. The number of benzene rings is 1. The van der Waals surface area contributed by atoms with Crippen molar-refractivity contribution < 1.29 is 4.74 Å². The van der Waals surface area contributed by atoms with Gasteiger partial charge in [-0.1, -0.05) is 31.5 Å². The Morgan fingerprint density at radius 3 is 2.94 bits per heavy atom. The number of nitrogens with one attached hydrogen (secondary N) is 1. The smallest absolute Gasteiger partial charge is 0.0747 e. The topological polar surface area (TPSA) is 21.3 Å². The van der Waals surface area contributed by atoms with Gasteiger partial charge in [0.15, 0.2) is 0 Å². The fourth-order valence-electron chi connectivity index (χ4n) is 2.37. The number of hydrogen-bond acceptors (Lipinski definition) is 2. The normalized spacial score (nSPS) is 20.2. The summed E-state index contributed by atoms with van der Waals surface area (Å²) in [6.07, 6.45) is 6.47. The van der Waals surface area contributed by atoms with Crippen LogP contribution in [0.2, 0.25) is 0 Å². The molecule has 2 nitrogen and oxygen atoms in total. The highest BCUT2D eigenvalue weighted by molar-refractivity contribution is 5.51. The van der Waals surface area contributed by atoms with Crippen LogP contribution in [0.5, 0.6) is 0 Å². The molecule has 0 saturated carbocycles. The minimum absolute atomic E-state index is 0.401. The van der Waals surface area contributed by atoms with Crippen molar-refractivity contribution in [2.24, 2.45) is 0 Å². The molecule has 1 aromatic rings. The predicted molar refractivity (Wildman–Crippen MR) is 72.5 cm³/mol. The first kappa shape index (κ1) is 12.4. The first-order chi connectivity index (χ1) is 8.40. The maximum Gasteiger partial charge on any atom is 0.0747 e. The lowest BCUT2D eigenvalue weighted by molar-refractivity contribution is 0.0247. The van der Waals surface area contributed by atoms with Gasteiger partial charge in [0.05, 0.1) is 6.10 Å². The molecule has 94 valence electrons. The molecule has 1 fully saturated rings. The molecule has 0 aliphatic carbocycles. The highest BCUT2D eigenvalue weighted by Gasteiger charge is 2.13. The molecule has 1 N–H and O–H groups in total. The van der Waals surface area contributed by atoms with Crippen molar-refractivity contribution in [3.05, 3.63) is 29.8 Å². The Bertz CT molecular complexity index is 331. The van der Waals surface area contributed by atoms with Gasteiger partial charge in [-0.05, 0) is 37.3 Å². The second-order valence-corrected chi connectivity index (χ2v) is 4.78. The van der Waals surface area contributed by atoms with Crippen molar-refractivity contribution >= 4 is 5.69 Å². The van der Waals surface area contributed by atoms with Crippen molar-refractivity contribution in [1.29, 1.82) is 0 Å². The van der Waals surface area contributed by atoms with Crippen LogP contribution in [0.3, 0.4) is 0 Å². The Morgan fingerprint density at radius 2 is 2.18 bits per heavy atom. The van der Waals surface area contributed by atoms with Crippen LogP contribution in [-0.4, -0.2) is 19.3 Å². The lowest BCUT2D eigenvalue weighted by atomic mass is 10.1. The summed E-state index contributed by atoms with van der Waals surface area (Å²) in [6, 6.07) is 8.61. The van der Waals surface area contributed by atoms with E-state index in [2.05, 4.69) is 36.5 Å². The summed E-state index contributed by atoms with van der Waals surface area (Å²) in [4.78, 5) is 0. The molecule has 2 heteroatoms. The Balaban J connectivity index is 1.88. The number of para-hydroxylation sites is 1. The van der Waals surface area contributed by atoms with E-state index in [-0.39, 0.29) is 0 Å². The quantitative estimate of drug-likeness (QED) is 0.838. The van der Waals surface area contributed by atoms with Crippen LogP contribution in [0.15, 0.2) is 24.3 Å². The minimum Gasteiger partial charge on any atom is -0.382 e. The Kier molecular flexibility index (Phi) is 4.87. The number of aryl methyl sites for hydroxylation is 1. The monoisotopic (exact) mass is 233 g/mol. The summed E-state index contributed by atoms with van der Waals surface area (Å²) in [5.74, 6) is 0. The maximum atomic E-state index is 5.74. The third kappa shape index (κ3) is 3.74. The average Bonchev–Trinajstić information content (AvgIpc) is 2.39. The Morgan fingerprint density at radius 1 is 1.29 bits per heavy atom. The molecule has 1 saturated heterocycles.